The van der Waals surface area contributed by atoms with Gasteiger partial charge in [-0.1, -0.05) is 54.6 Å². The maximum atomic E-state index is 14.0. The number of fused-ring (bicyclic) bond motifs is 1. The minimum Gasteiger partial charge on any atom is -0.465 e. The molecule has 1 aliphatic rings. The van der Waals surface area contributed by atoms with E-state index in [1.54, 1.807) is 24.7 Å². The Labute approximate surface area is 212 Å². The molecule has 1 aliphatic carbocycles. The SMILES string of the molecule is O=C(O)NC1(c2ccc(-c3c(-c4ccccc4)oc4c(-c5cccnc5)nccc4c3=O)cc2)CCC1. The van der Waals surface area contributed by atoms with Crippen LogP contribution < -0.4 is 10.7 Å². The molecule has 7 nitrogen and oxygen atoms in total. The third-order valence-corrected chi connectivity index (χ3v) is 7.06. The summed E-state index contributed by atoms with van der Waals surface area (Å²) in [6.07, 6.45) is 6.39. The van der Waals surface area contributed by atoms with Crippen molar-refractivity contribution in [3.05, 3.63) is 107 Å². The van der Waals surface area contributed by atoms with Crippen LogP contribution in [0, 0.1) is 0 Å². The molecule has 0 saturated heterocycles. The van der Waals surface area contributed by atoms with Crippen LogP contribution >= 0.6 is 0 Å². The van der Waals surface area contributed by atoms with Crippen LogP contribution in [0.15, 0.2) is 101 Å². The lowest BCUT2D eigenvalue weighted by Gasteiger charge is -2.42. The smallest absolute Gasteiger partial charge is 0.405 e. The van der Waals surface area contributed by atoms with Gasteiger partial charge < -0.3 is 14.8 Å². The minimum absolute atomic E-state index is 0.164. The van der Waals surface area contributed by atoms with Crippen molar-refractivity contribution in [2.45, 2.75) is 24.8 Å². The van der Waals surface area contributed by atoms with E-state index in [2.05, 4.69) is 15.3 Å². The molecule has 1 saturated carbocycles. The number of amides is 1. The van der Waals surface area contributed by atoms with Crippen LogP contribution in [-0.4, -0.2) is 21.2 Å². The fraction of sp³-hybridized carbons (Fsp3) is 0.133. The zero-order chi connectivity index (χ0) is 25.4. The van der Waals surface area contributed by atoms with Gasteiger partial charge in [-0.3, -0.25) is 14.8 Å². The van der Waals surface area contributed by atoms with E-state index < -0.39 is 11.6 Å². The number of hydrogen-bond acceptors (Lipinski definition) is 5. The van der Waals surface area contributed by atoms with E-state index in [0.717, 1.165) is 36.0 Å². The predicted octanol–water partition coefficient (Wildman–Crippen LogP) is 6.23. The number of pyridine rings is 2. The molecule has 5 aromatic rings. The number of carbonyl (C=O) groups is 1. The second-order valence-electron chi connectivity index (χ2n) is 9.22. The van der Waals surface area contributed by atoms with Gasteiger partial charge in [-0.25, -0.2) is 4.79 Å². The minimum atomic E-state index is -1.04. The first-order valence-electron chi connectivity index (χ1n) is 12.1. The Morgan fingerprint density at radius 3 is 2.30 bits per heavy atom. The van der Waals surface area contributed by atoms with Crippen LogP contribution in [0.25, 0.3) is 44.7 Å². The van der Waals surface area contributed by atoms with Crippen molar-refractivity contribution in [1.82, 2.24) is 15.3 Å². The van der Waals surface area contributed by atoms with Gasteiger partial charge in [-0.2, -0.15) is 0 Å². The summed E-state index contributed by atoms with van der Waals surface area (Å²) in [4.78, 5) is 34.1. The number of carboxylic acid groups (broad SMARTS) is 1. The second-order valence-corrected chi connectivity index (χ2v) is 9.22. The molecule has 182 valence electrons. The number of aromatic nitrogens is 2. The quantitative estimate of drug-likeness (QED) is 0.303. The molecule has 0 radical (unpaired) electrons. The summed E-state index contributed by atoms with van der Waals surface area (Å²) in [5.74, 6) is 0.450. The van der Waals surface area contributed by atoms with Gasteiger partial charge in [0.15, 0.2) is 5.58 Å². The van der Waals surface area contributed by atoms with Gasteiger partial charge in [-0.05, 0) is 48.6 Å². The van der Waals surface area contributed by atoms with E-state index >= 15 is 0 Å². The van der Waals surface area contributed by atoms with E-state index in [0.29, 0.717) is 33.6 Å². The van der Waals surface area contributed by atoms with Crippen molar-refractivity contribution in [2.75, 3.05) is 0 Å². The summed E-state index contributed by atoms with van der Waals surface area (Å²) >= 11 is 0. The zero-order valence-corrected chi connectivity index (χ0v) is 19.8. The van der Waals surface area contributed by atoms with Crippen molar-refractivity contribution in [2.24, 2.45) is 0 Å². The topological polar surface area (TPSA) is 105 Å². The summed E-state index contributed by atoms with van der Waals surface area (Å²) in [5.41, 5.74) is 3.76. The van der Waals surface area contributed by atoms with Crippen molar-refractivity contribution in [3.63, 3.8) is 0 Å². The highest BCUT2D eigenvalue weighted by atomic mass is 16.4. The molecular formula is C30H23N3O4. The van der Waals surface area contributed by atoms with E-state index in [1.807, 2.05) is 66.7 Å². The Hall–Kier alpha value is -4.78. The summed E-state index contributed by atoms with van der Waals surface area (Å²) in [6.45, 7) is 0. The molecule has 37 heavy (non-hydrogen) atoms. The molecule has 1 amide bonds. The molecule has 3 aromatic heterocycles. The lowest BCUT2D eigenvalue weighted by atomic mass is 9.71. The van der Waals surface area contributed by atoms with Crippen molar-refractivity contribution < 1.29 is 14.3 Å². The van der Waals surface area contributed by atoms with Crippen LogP contribution in [0.4, 0.5) is 4.79 Å². The number of nitrogens with zero attached hydrogens (tertiary/aromatic N) is 2. The lowest BCUT2D eigenvalue weighted by molar-refractivity contribution is 0.144. The van der Waals surface area contributed by atoms with Gasteiger partial charge in [-0.15, -0.1) is 0 Å². The number of rotatable bonds is 5. The number of nitrogens with one attached hydrogen (secondary N) is 1. The molecule has 2 N–H and O–H groups in total. The molecule has 0 atom stereocenters. The maximum absolute atomic E-state index is 14.0. The van der Waals surface area contributed by atoms with Gasteiger partial charge in [0.2, 0.25) is 5.43 Å². The second kappa shape index (κ2) is 9.02. The largest absolute Gasteiger partial charge is 0.465 e. The van der Waals surface area contributed by atoms with Crippen LogP contribution in [0.3, 0.4) is 0 Å². The third kappa shape index (κ3) is 3.94. The van der Waals surface area contributed by atoms with E-state index in [-0.39, 0.29) is 5.43 Å². The highest BCUT2D eigenvalue weighted by Crippen LogP contribution is 2.42. The van der Waals surface area contributed by atoms with Crippen molar-refractivity contribution in [3.8, 4) is 33.7 Å². The average molecular weight is 490 g/mol. The van der Waals surface area contributed by atoms with Gasteiger partial charge in [0, 0.05) is 29.7 Å². The van der Waals surface area contributed by atoms with Crippen LogP contribution in [0.2, 0.25) is 0 Å². The molecule has 0 bridgehead atoms. The molecule has 1 fully saturated rings. The molecule has 0 unspecified atom stereocenters. The maximum Gasteiger partial charge on any atom is 0.405 e. The Balaban J connectivity index is 1.56. The molecule has 7 heteroatoms. The first-order chi connectivity index (χ1) is 18.1. The Kier molecular flexibility index (Phi) is 5.53. The third-order valence-electron chi connectivity index (χ3n) is 7.06. The van der Waals surface area contributed by atoms with Gasteiger partial charge in [0.1, 0.15) is 11.5 Å². The molecule has 3 heterocycles. The summed E-state index contributed by atoms with van der Waals surface area (Å²) in [6, 6.07) is 22.4. The molecule has 2 aromatic carbocycles. The monoisotopic (exact) mass is 489 g/mol. The van der Waals surface area contributed by atoms with E-state index in [1.165, 1.54) is 0 Å². The molecule has 0 spiro atoms. The van der Waals surface area contributed by atoms with Crippen LogP contribution in [-0.2, 0) is 5.54 Å². The molecular weight excluding hydrogens is 466 g/mol. The Morgan fingerprint density at radius 2 is 1.65 bits per heavy atom. The van der Waals surface area contributed by atoms with Crippen molar-refractivity contribution >= 4 is 17.1 Å². The van der Waals surface area contributed by atoms with Gasteiger partial charge in [0.25, 0.3) is 0 Å². The first-order valence-corrected chi connectivity index (χ1v) is 12.1. The highest BCUT2D eigenvalue weighted by Gasteiger charge is 2.40. The summed E-state index contributed by atoms with van der Waals surface area (Å²) in [5, 5.41) is 12.5. The average Bonchev–Trinajstić information content (AvgIpc) is 2.91. The lowest BCUT2D eigenvalue weighted by Crippen LogP contribution is -2.50. The van der Waals surface area contributed by atoms with Gasteiger partial charge >= 0.3 is 6.09 Å². The fourth-order valence-corrected chi connectivity index (χ4v) is 5.06. The highest BCUT2D eigenvalue weighted by molar-refractivity contribution is 5.95. The number of benzene rings is 2. The van der Waals surface area contributed by atoms with Crippen molar-refractivity contribution in [1.29, 1.82) is 0 Å². The Morgan fingerprint density at radius 1 is 0.892 bits per heavy atom. The number of hydrogen-bond donors (Lipinski definition) is 2. The fourth-order valence-electron chi connectivity index (χ4n) is 5.06. The molecule has 0 aliphatic heterocycles. The zero-order valence-electron chi connectivity index (χ0n) is 19.8. The molecule has 6 rings (SSSR count). The summed E-state index contributed by atoms with van der Waals surface area (Å²) in [7, 11) is 0. The first kappa shape index (κ1) is 22.7. The van der Waals surface area contributed by atoms with E-state index in [9.17, 15) is 14.7 Å². The normalized spacial score (nSPS) is 14.2. The summed E-state index contributed by atoms with van der Waals surface area (Å²) < 4.78 is 6.50. The Bertz CT molecular complexity index is 1660. The standard InChI is InChI=1S/C30H23N3O4/c34-26-23-13-17-32-25(21-8-4-16-31-18-21)28(23)37-27(20-6-2-1-3-7-20)24(26)19-9-11-22(12-10-19)30(14-5-15-30)33-29(35)36/h1-4,6-13,16-18,33H,5,14-15H2,(H,35,36). The predicted molar refractivity (Wildman–Crippen MR) is 141 cm³/mol. The van der Waals surface area contributed by atoms with E-state index in [4.69, 9.17) is 4.42 Å². The van der Waals surface area contributed by atoms with Crippen LogP contribution in [0.5, 0.6) is 0 Å². The van der Waals surface area contributed by atoms with Crippen LogP contribution in [0.1, 0.15) is 24.8 Å². The van der Waals surface area contributed by atoms with Gasteiger partial charge in [0.05, 0.1) is 16.5 Å².